The minimum Gasteiger partial charge on any atom is -0.466 e. The molecule has 0 spiro atoms. The average Bonchev–Trinajstić information content (AvgIpc) is 2.13. The summed E-state index contributed by atoms with van der Waals surface area (Å²) < 4.78 is 4.84. The van der Waals surface area contributed by atoms with Crippen LogP contribution in [0.4, 0.5) is 0 Å². The van der Waals surface area contributed by atoms with E-state index >= 15 is 0 Å². The summed E-state index contributed by atoms with van der Waals surface area (Å²) in [7, 11) is 0. The summed E-state index contributed by atoms with van der Waals surface area (Å²) in [5, 5.41) is 0. The standard InChI is InChI=1S/C10H15BrO3/c1-4-14-10(13)8(3)9(11)6-5-7(2)12/h5-6,8-9H,4H2,1-3H3. The van der Waals surface area contributed by atoms with Gasteiger partial charge in [-0.25, -0.2) is 0 Å². The van der Waals surface area contributed by atoms with E-state index in [0.717, 1.165) is 0 Å². The normalized spacial score (nSPS) is 15.1. The molecule has 0 aromatic carbocycles. The molecule has 80 valence electrons. The number of ketones is 1. The van der Waals surface area contributed by atoms with Crippen molar-refractivity contribution in [1.29, 1.82) is 0 Å². The zero-order valence-electron chi connectivity index (χ0n) is 8.62. The number of hydrogen-bond donors (Lipinski definition) is 0. The highest BCUT2D eigenvalue weighted by atomic mass is 79.9. The zero-order chi connectivity index (χ0) is 11.1. The van der Waals surface area contributed by atoms with Gasteiger partial charge in [0, 0.05) is 4.83 Å². The molecule has 0 aromatic heterocycles. The van der Waals surface area contributed by atoms with Crippen LogP contribution in [-0.2, 0) is 14.3 Å². The van der Waals surface area contributed by atoms with Crippen LogP contribution in [0.3, 0.4) is 0 Å². The Labute approximate surface area is 92.6 Å². The summed E-state index contributed by atoms with van der Waals surface area (Å²) in [5.74, 6) is -0.585. The van der Waals surface area contributed by atoms with Crippen LogP contribution in [0, 0.1) is 5.92 Å². The largest absolute Gasteiger partial charge is 0.466 e. The molecule has 0 aliphatic rings. The van der Waals surface area contributed by atoms with Crippen molar-refractivity contribution in [1.82, 2.24) is 0 Å². The van der Waals surface area contributed by atoms with E-state index in [-0.39, 0.29) is 22.5 Å². The minimum absolute atomic E-state index is 0.0366. The quantitative estimate of drug-likeness (QED) is 0.433. The van der Waals surface area contributed by atoms with Crippen LogP contribution >= 0.6 is 15.9 Å². The molecule has 0 aliphatic carbocycles. The molecule has 0 bridgehead atoms. The SMILES string of the molecule is CCOC(=O)C(C)C(Br)C=CC(C)=O. The Bertz CT molecular complexity index is 236. The second-order valence-corrected chi connectivity index (χ2v) is 4.01. The zero-order valence-corrected chi connectivity index (χ0v) is 10.2. The number of rotatable bonds is 5. The van der Waals surface area contributed by atoms with Crippen molar-refractivity contribution in [2.75, 3.05) is 6.61 Å². The Hall–Kier alpha value is -0.640. The molecule has 0 aliphatic heterocycles. The Morgan fingerprint density at radius 3 is 2.50 bits per heavy atom. The summed E-state index contributed by atoms with van der Waals surface area (Å²) in [6.07, 6.45) is 3.10. The van der Waals surface area contributed by atoms with Crippen LogP contribution in [0.5, 0.6) is 0 Å². The summed E-state index contributed by atoms with van der Waals surface area (Å²) in [5.41, 5.74) is 0. The van der Waals surface area contributed by atoms with Crippen molar-refractivity contribution in [3.8, 4) is 0 Å². The maximum atomic E-state index is 11.3. The van der Waals surface area contributed by atoms with Gasteiger partial charge in [-0.3, -0.25) is 9.59 Å². The highest BCUT2D eigenvalue weighted by molar-refractivity contribution is 9.09. The maximum Gasteiger partial charge on any atom is 0.310 e. The van der Waals surface area contributed by atoms with Crippen LogP contribution in [0.15, 0.2) is 12.2 Å². The lowest BCUT2D eigenvalue weighted by atomic mass is 10.1. The number of esters is 1. The molecular formula is C10H15BrO3. The number of hydrogen-bond acceptors (Lipinski definition) is 3. The maximum absolute atomic E-state index is 11.3. The van der Waals surface area contributed by atoms with Gasteiger partial charge in [0.1, 0.15) is 0 Å². The molecule has 0 radical (unpaired) electrons. The fraction of sp³-hybridized carbons (Fsp3) is 0.600. The van der Waals surface area contributed by atoms with Crippen LogP contribution < -0.4 is 0 Å². The van der Waals surface area contributed by atoms with Gasteiger partial charge in [-0.2, -0.15) is 0 Å². The van der Waals surface area contributed by atoms with Gasteiger partial charge in [-0.1, -0.05) is 28.9 Å². The fourth-order valence-corrected chi connectivity index (χ4v) is 1.17. The van der Waals surface area contributed by atoms with Gasteiger partial charge in [0.25, 0.3) is 0 Å². The van der Waals surface area contributed by atoms with E-state index in [1.807, 2.05) is 0 Å². The highest BCUT2D eigenvalue weighted by Gasteiger charge is 2.20. The predicted octanol–water partition coefficient (Wildman–Crippen LogP) is 2.09. The Morgan fingerprint density at radius 2 is 2.07 bits per heavy atom. The molecule has 0 fully saturated rings. The second kappa shape index (κ2) is 6.76. The Morgan fingerprint density at radius 1 is 1.50 bits per heavy atom. The molecule has 3 nitrogen and oxygen atoms in total. The third-order valence-corrected chi connectivity index (χ3v) is 2.75. The number of carbonyl (C=O) groups is 2. The molecule has 0 saturated heterocycles. The number of alkyl halides is 1. The van der Waals surface area contributed by atoms with Gasteiger partial charge in [0.2, 0.25) is 0 Å². The summed E-state index contributed by atoms with van der Waals surface area (Å²) >= 11 is 3.30. The van der Waals surface area contributed by atoms with E-state index < -0.39 is 0 Å². The van der Waals surface area contributed by atoms with Crippen molar-refractivity contribution in [3.63, 3.8) is 0 Å². The van der Waals surface area contributed by atoms with Gasteiger partial charge in [-0.05, 0) is 19.9 Å². The molecule has 14 heavy (non-hydrogen) atoms. The first-order valence-corrected chi connectivity index (χ1v) is 5.40. The number of allylic oxidation sites excluding steroid dienone is 2. The van der Waals surface area contributed by atoms with Crippen LogP contribution in [0.1, 0.15) is 20.8 Å². The van der Waals surface area contributed by atoms with E-state index in [1.165, 1.54) is 13.0 Å². The van der Waals surface area contributed by atoms with Crippen LogP contribution in [-0.4, -0.2) is 23.2 Å². The molecule has 0 amide bonds. The monoisotopic (exact) mass is 262 g/mol. The second-order valence-electron chi connectivity index (χ2n) is 2.95. The first kappa shape index (κ1) is 13.4. The molecule has 0 aromatic rings. The Balaban J connectivity index is 4.17. The van der Waals surface area contributed by atoms with Crippen molar-refractivity contribution < 1.29 is 14.3 Å². The van der Waals surface area contributed by atoms with E-state index in [4.69, 9.17) is 4.74 Å². The molecule has 0 saturated carbocycles. The third kappa shape index (κ3) is 5.17. The lowest BCUT2D eigenvalue weighted by Gasteiger charge is -2.12. The average molecular weight is 263 g/mol. The van der Waals surface area contributed by atoms with Crippen molar-refractivity contribution in [2.45, 2.75) is 25.6 Å². The van der Waals surface area contributed by atoms with Crippen molar-refractivity contribution in [2.24, 2.45) is 5.92 Å². The van der Waals surface area contributed by atoms with E-state index in [0.29, 0.717) is 6.61 Å². The van der Waals surface area contributed by atoms with Gasteiger partial charge in [0.05, 0.1) is 12.5 Å². The van der Waals surface area contributed by atoms with Gasteiger partial charge < -0.3 is 4.74 Å². The first-order valence-electron chi connectivity index (χ1n) is 4.48. The minimum atomic E-state index is -0.287. The van der Waals surface area contributed by atoms with E-state index in [1.54, 1.807) is 19.9 Å². The first-order chi connectivity index (χ1) is 6.49. The van der Waals surface area contributed by atoms with E-state index in [2.05, 4.69) is 15.9 Å². The number of carbonyl (C=O) groups excluding carboxylic acids is 2. The molecule has 0 N–H and O–H groups in total. The predicted molar refractivity (Wildman–Crippen MR) is 58.3 cm³/mol. The van der Waals surface area contributed by atoms with Gasteiger partial charge in [-0.15, -0.1) is 0 Å². The van der Waals surface area contributed by atoms with Crippen LogP contribution in [0.25, 0.3) is 0 Å². The molecule has 0 rings (SSSR count). The highest BCUT2D eigenvalue weighted by Crippen LogP contribution is 2.15. The summed E-state index contributed by atoms with van der Waals surface area (Å²) in [6, 6.07) is 0. The van der Waals surface area contributed by atoms with E-state index in [9.17, 15) is 9.59 Å². The summed E-state index contributed by atoms with van der Waals surface area (Å²) in [6.45, 7) is 5.35. The Kier molecular flexibility index (Phi) is 6.45. The van der Waals surface area contributed by atoms with Gasteiger partial charge in [0.15, 0.2) is 5.78 Å². The van der Waals surface area contributed by atoms with Crippen LogP contribution in [0.2, 0.25) is 0 Å². The van der Waals surface area contributed by atoms with Crippen molar-refractivity contribution in [3.05, 3.63) is 12.2 Å². The lowest BCUT2D eigenvalue weighted by molar-refractivity contribution is -0.147. The number of halogens is 1. The fourth-order valence-electron chi connectivity index (χ4n) is 0.798. The molecule has 2 atom stereocenters. The van der Waals surface area contributed by atoms with Gasteiger partial charge >= 0.3 is 5.97 Å². The smallest absolute Gasteiger partial charge is 0.310 e. The molecule has 0 heterocycles. The molecular weight excluding hydrogens is 248 g/mol. The topological polar surface area (TPSA) is 43.4 Å². The van der Waals surface area contributed by atoms with Crippen molar-refractivity contribution >= 4 is 27.7 Å². The third-order valence-electron chi connectivity index (χ3n) is 1.65. The summed E-state index contributed by atoms with van der Waals surface area (Å²) in [4.78, 5) is 21.7. The molecule has 4 heteroatoms. The number of ether oxygens (including phenoxy) is 1. The molecule has 2 unspecified atom stereocenters. The lowest BCUT2D eigenvalue weighted by Crippen LogP contribution is -2.22.